The van der Waals surface area contributed by atoms with Crippen molar-refractivity contribution in [1.29, 1.82) is 0 Å². The zero-order chi connectivity index (χ0) is 12.9. The summed E-state index contributed by atoms with van der Waals surface area (Å²) >= 11 is 0. The molecule has 1 unspecified atom stereocenters. The Morgan fingerprint density at radius 3 is 2.41 bits per heavy atom. The van der Waals surface area contributed by atoms with E-state index in [2.05, 4.69) is 26.0 Å². The summed E-state index contributed by atoms with van der Waals surface area (Å²) in [5, 5.41) is 0. The van der Waals surface area contributed by atoms with E-state index in [1.165, 1.54) is 5.56 Å². The van der Waals surface area contributed by atoms with Gasteiger partial charge in [0, 0.05) is 18.6 Å². The number of nitrogens with zero attached hydrogens (tertiary/aromatic N) is 1. The number of rotatable bonds is 6. The molecule has 5 heteroatoms. The lowest BCUT2D eigenvalue weighted by molar-refractivity contribution is -0.696. The lowest BCUT2D eigenvalue weighted by Gasteiger charge is -2.06. The van der Waals surface area contributed by atoms with E-state index in [0.717, 1.165) is 6.42 Å². The van der Waals surface area contributed by atoms with Crippen LogP contribution >= 0.6 is 0 Å². The van der Waals surface area contributed by atoms with Gasteiger partial charge in [0.1, 0.15) is 6.54 Å². The van der Waals surface area contributed by atoms with Crippen LogP contribution in [0.5, 0.6) is 0 Å². The highest BCUT2D eigenvalue weighted by atomic mass is 32.2. The number of hydrogen-bond acceptors (Lipinski definition) is 2. The summed E-state index contributed by atoms with van der Waals surface area (Å²) in [5.74, 6) is 0.357. The second-order valence-corrected chi connectivity index (χ2v) is 5.89. The smallest absolute Gasteiger partial charge is 0.265 e. The van der Waals surface area contributed by atoms with E-state index >= 15 is 0 Å². The van der Waals surface area contributed by atoms with Crippen LogP contribution in [0.3, 0.4) is 0 Å². The van der Waals surface area contributed by atoms with Crippen molar-refractivity contribution in [2.24, 2.45) is 0 Å². The van der Waals surface area contributed by atoms with Crippen molar-refractivity contribution in [3.63, 3.8) is 0 Å². The molecule has 1 heterocycles. The molecule has 0 aliphatic carbocycles. The lowest BCUT2D eigenvalue weighted by atomic mass is 10.0. The van der Waals surface area contributed by atoms with Gasteiger partial charge in [0.2, 0.25) is 0 Å². The Bertz CT molecular complexity index is 439. The predicted octanol–water partition coefficient (Wildman–Crippen LogP) is 1.77. The van der Waals surface area contributed by atoms with Crippen molar-refractivity contribution in [2.45, 2.75) is 39.2 Å². The van der Waals surface area contributed by atoms with Crippen molar-refractivity contribution in [3.05, 3.63) is 30.1 Å². The van der Waals surface area contributed by atoms with Crippen LogP contribution in [0.1, 0.15) is 38.2 Å². The molecule has 4 nitrogen and oxygen atoms in total. The van der Waals surface area contributed by atoms with Crippen LogP contribution in [0.25, 0.3) is 0 Å². The van der Waals surface area contributed by atoms with Gasteiger partial charge in [-0.15, -0.1) is 0 Å². The first kappa shape index (κ1) is 14.1. The molecule has 96 valence electrons. The van der Waals surface area contributed by atoms with E-state index < -0.39 is 10.1 Å². The molecule has 0 fully saturated rings. The van der Waals surface area contributed by atoms with Gasteiger partial charge in [-0.1, -0.05) is 13.8 Å². The van der Waals surface area contributed by atoms with E-state index in [0.29, 0.717) is 18.9 Å². The summed E-state index contributed by atoms with van der Waals surface area (Å²) in [7, 11) is -3.83. The molecule has 0 amide bonds. The first-order valence-corrected chi connectivity index (χ1v) is 7.47. The van der Waals surface area contributed by atoms with Gasteiger partial charge in [-0.05, 0) is 17.9 Å². The molecule has 0 bridgehead atoms. The maximum atomic E-state index is 10.6. The van der Waals surface area contributed by atoms with Crippen molar-refractivity contribution >= 4 is 10.1 Å². The Morgan fingerprint density at radius 2 is 1.94 bits per heavy atom. The third-order valence-corrected chi connectivity index (χ3v) is 3.72. The third kappa shape index (κ3) is 5.28. The van der Waals surface area contributed by atoms with Crippen LogP contribution in [0.2, 0.25) is 0 Å². The molecule has 1 aromatic rings. The SMILES string of the molecule is CCC(C)c1cc[n+](CCCS(=O)(=O)O)cc1. The quantitative estimate of drug-likeness (QED) is 0.625. The first-order chi connectivity index (χ1) is 7.92. The number of pyridine rings is 1. The standard InChI is InChI=1S/C12H19NO3S/c1-3-11(2)12-5-8-13(9-6-12)7-4-10-17(14,15)16/h5-6,8-9,11H,3-4,7,10H2,1-2H3/p+1. The summed E-state index contributed by atoms with van der Waals surface area (Å²) in [6.45, 7) is 4.93. The molecule has 17 heavy (non-hydrogen) atoms. The van der Waals surface area contributed by atoms with Crippen molar-refractivity contribution in [2.75, 3.05) is 5.75 Å². The Balaban J connectivity index is 2.51. The minimum Gasteiger partial charge on any atom is -0.286 e. The summed E-state index contributed by atoms with van der Waals surface area (Å²) < 4.78 is 31.6. The second kappa shape index (κ2) is 6.12. The van der Waals surface area contributed by atoms with Gasteiger partial charge in [-0.3, -0.25) is 4.55 Å². The fourth-order valence-corrected chi connectivity index (χ4v) is 2.11. The van der Waals surface area contributed by atoms with Gasteiger partial charge in [0.25, 0.3) is 10.1 Å². The van der Waals surface area contributed by atoms with Gasteiger partial charge in [0.15, 0.2) is 12.4 Å². The molecule has 0 spiro atoms. The second-order valence-electron chi connectivity index (χ2n) is 4.32. The molecular formula is C12H20NO3S+. The van der Waals surface area contributed by atoms with Gasteiger partial charge in [-0.25, -0.2) is 4.57 Å². The number of aromatic nitrogens is 1. The van der Waals surface area contributed by atoms with Gasteiger partial charge in [0.05, 0.1) is 5.75 Å². The normalized spacial score (nSPS) is 13.6. The largest absolute Gasteiger partial charge is 0.286 e. The minimum atomic E-state index is -3.83. The highest BCUT2D eigenvalue weighted by Gasteiger charge is 2.08. The molecule has 1 aromatic heterocycles. The maximum Gasteiger partial charge on any atom is 0.265 e. The van der Waals surface area contributed by atoms with Gasteiger partial charge in [-0.2, -0.15) is 8.42 Å². The predicted molar refractivity (Wildman–Crippen MR) is 66.4 cm³/mol. The summed E-state index contributed by atoms with van der Waals surface area (Å²) in [4.78, 5) is 0. The molecule has 0 radical (unpaired) electrons. The minimum absolute atomic E-state index is 0.187. The zero-order valence-electron chi connectivity index (χ0n) is 10.3. The lowest BCUT2D eigenvalue weighted by Crippen LogP contribution is -2.33. The fraction of sp³-hybridized carbons (Fsp3) is 0.583. The topological polar surface area (TPSA) is 58.2 Å². The zero-order valence-corrected chi connectivity index (χ0v) is 11.2. The molecule has 1 atom stereocenters. The van der Waals surface area contributed by atoms with Crippen LogP contribution in [0.4, 0.5) is 0 Å². The average Bonchev–Trinajstić information content (AvgIpc) is 2.27. The third-order valence-electron chi connectivity index (χ3n) is 2.92. The van der Waals surface area contributed by atoms with Crippen LogP contribution < -0.4 is 4.57 Å². The molecule has 0 aliphatic rings. The van der Waals surface area contributed by atoms with E-state index in [1.54, 1.807) is 0 Å². The molecule has 0 aliphatic heterocycles. The van der Waals surface area contributed by atoms with Crippen LogP contribution in [-0.4, -0.2) is 18.7 Å². The molecule has 1 N–H and O–H groups in total. The Kier molecular flexibility index (Phi) is 5.08. The van der Waals surface area contributed by atoms with Crippen molar-refractivity contribution < 1.29 is 17.5 Å². The number of hydrogen-bond donors (Lipinski definition) is 1. The monoisotopic (exact) mass is 258 g/mol. The molecule has 1 rings (SSSR count). The van der Waals surface area contributed by atoms with Crippen molar-refractivity contribution in [3.8, 4) is 0 Å². The van der Waals surface area contributed by atoms with Gasteiger partial charge >= 0.3 is 0 Å². The van der Waals surface area contributed by atoms with E-state index in [4.69, 9.17) is 4.55 Å². The molecule has 0 aromatic carbocycles. The van der Waals surface area contributed by atoms with Crippen LogP contribution in [0.15, 0.2) is 24.5 Å². The Morgan fingerprint density at radius 1 is 1.35 bits per heavy atom. The fourth-order valence-electron chi connectivity index (χ4n) is 1.61. The highest BCUT2D eigenvalue weighted by molar-refractivity contribution is 7.85. The molecule has 0 saturated heterocycles. The van der Waals surface area contributed by atoms with E-state index in [9.17, 15) is 8.42 Å². The van der Waals surface area contributed by atoms with E-state index in [1.807, 2.05) is 17.0 Å². The van der Waals surface area contributed by atoms with Crippen LogP contribution in [-0.2, 0) is 16.7 Å². The highest BCUT2D eigenvalue weighted by Crippen LogP contribution is 2.16. The Labute approximate surface area is 103 Å². The molecule has 0 saturated carbocycles. The first-order valence-electron chi connectivity index (χ1n) is 5.86. The van der Waals surface area contributed by atoms with Gasteiger partial charge < -0.3 is 0 Å². The average molecular weight is 258 g/mol. The summed E-state index contributed by atoms with van der Waals surface area (Å²) in [6.07, 6.45) is 5.43. The summed E-state index contributed by atoms with van der Waals surface area (Å²) in [5.41, 5.74) is 1.29. The Hall–Kier alpha value is -0.940. The molecular weight excluding hydrogens is 238 g/mol. The van der Waals surface area contributed by atoms with Crippen LogP contribution in [0, 0.1) is 0 Å². The maximum absolute atomic E-state index is 10.6. The summed E-state index contributed by atoms with van der Waals surface area (Å²) in [6, 6.07) is 4.11. The van der Waals surface area contributed by atoms with Crippen molar-refractivity contribution in [1.82, 2.24) is 0 Å². The van der Waals surface area contributed by atoms with E-state index in [-0.39, 0.29) is 5.75 Å². The number of aryl methyl sites for hydroxylation is 1.